The van der Waals surface area contributed by atoms with Gasteiger partial charge in [0.2, 0.25) is 5.91 Å². The van der Waals surface area contributed by atoms with Gasteiger partial charge in [-0.15, -0.1) is 0 Å². The highest BCUT2D eigenvalue weighted by Crippen LogP contribution is 2.23. The molecule has 0 heterocycles. The van der Waals surface area contributed by atoms with E-state index in [0.717, 1.165) is 16.7 Å². The molecule has 0 aliphatic carbocycles. The zero-order valence-corrected chi connectivity index (χ0v) is 14.6. The molecular weight excluding hydrogens is 334 g/mol. The van der Waals surface area contributed by atoms with Gasteiger partial charge in [0, 0.05) is 19.3 Å². The van der Waals surface area contributed by atoms with Gasteiger partial charge in [0.05, 0.1) is 13.2 Å². The standard InChI is InChI=1S/C19H23N3O4/c1-22(18(25)10-20)11-13-3-2-4-15(9-13)14-5-7-16(8-6-14)21-19(26)17(24)12-23/h2-9,17,23-24H,10-12,20H2,1H3,(H,21,26). The number of aliphatic hydroxyl groups is 2. The molecule has 0 spiro atoms. The van der Waals surface area contributed by atoms with Crippen LogP contribution in [0.2, 0.25) is 0 Å². The van der Waals surface area contributed by atoms with E-state index in [1.807, 2.05) is 36.4 Å². The van der Waals surface area contributed by atoms with Gasteiger partial charge in [0.1, 0.15) is 0 Å². The van der Waals surface area contributed by atoms with E-state index in [1.165, 1.54) is 0 Å². The van der Waals surface area contributed by atoms with Crippen LogP contribution < -0.4 is 11.1 Å². The number of benzene rings is 2. The van der Waals surface area contributed by atoms with Crippen molar-refractivity contribution >= 4 is 17.5 Å². The molecule has 26 heavy (non-hydrogen) atoms. The predicted octanol–water partition coefficient (Wildman–Crippen LogP) is 0.562. The van der Waals surface area contributed by atoms with Crippen LogP contribution >= 0.6 is 0 Å². The fourth-order valence-corrected chi connectivity index (χ4v) is 2.42. The Morgan fingerprint density at radius 3 is 2.46 bits per heavy atom. The number of hydrogen-bond donors (Lipinski definition) is 4. The maximum absolute atomic E-state index is 11.6. The molecule has 5 N–H and O–H groups in total. The van der Waals surface area contributed by atoms with E-state index >= 15 is 0 Å². The predicted molar refractivity (Wildman–Crippen MR) is 99.1 cm³/mol. The third-order valence-electron chi connectivity index (χ3n) is 3.91. The number of nitrogens with one attached hydrogen (secondary N) is 1. The Balaban J connectivity index is 2.10. The molecule has 0 saturated heterocycles. The first-order valence-corrected chi connectivity index (χ1v) is 8.17. The minimum Gasteiger partial charge on any atom is -0.393 e. The maximum Gasteiger partial charge on any atom is 0.255 e. The van der Waals surface area contributed by atoms with Gasteiger partial charge in [0.25, 0.3) is 5.91 Å². The third-order valence-corrected chi connectivity index (χ3v) is 3.91. The van der Waals surface area contributed by atoms with Gasteiger partial charge in [-0.1, -0.05) is 30.3 Å². The summed E-state index contributed by atoms with van der Waals surface area (Å²) in [5, 5.41) is 20.6. The van der Waals surface area contributed by atoms with Crippen molar-refractivity contribution in [1.82, 2.24) is 4.90 Å². The molecule has 2 aromatic rings. The van der Waals surface area contributed by atoms with Gasteiger partial charge in [0.15, 0.2) is 6.10 Å². The zero-order valence-electron chi connectivity index (χ0n) is 14.6. The molecule has 0 radical (unpaired) electrons. The second-order valence-corrected chi connectivity index (χ2v) is 5.92. The van der Waals surface area contributed by atoms with Gasteiger partial charge in [-0.3, -0.25) is 9.59 Å². The average Bonchev–Trinajstić information content (AvgIpc) is 2.67. The summed E-state index contributed by atoms with van der Waals surface area (Å²) in [5.41, 5.74) is 8.80. The van der Waals surface area contributed by atoms with E-state index < -0.39 is 18.6 Å². The van der Waals surface area contributed by atoms with E-state index in [4.69, 9.17) is 10.8 Å². The number of carbonyl (C=O) groups is 2. The quantitative estimate of drug-likeness (QED) is 0.578. The molecule has 2 rings (SSSR count). The zero-order chi connectivity index (χ0) is 19.1. The molecule has 0 bridgehead atoms. The number of nitrogens with zero attached hydrogens (tertiary/aromatic N) is 1. The highest BCUT2D eigenvalue weighted by atomic mass is 16.3. The van der Waals surface area contributed by atoms with Gasteiger partial charge in [-0.25, -0.2) is 0 Å². The summed E-state index contributed by atoms with van der Waals surface area (Å²) in [6.45, 7) is -0.177. The van der Waals surface area contributed by atoms with Crippen LogP contribution in [-0.4, -0.2) is 53.2 Å². The first kappa shape index (κ1) is 19.6. The summed E-state index contributed by atoms with van der Waals surface area (Å²) in [7, 11) is 1.71. The number of rotatable bonds is 7. The molecule has 2 amide bonds. The fraction of sp³-hybridized carbons (Fsp3) is 0.263. The van der Waals surface area contributed by atoms with Crippen LogP contribution in [0.25, 0.3) is 11.1 Å². The topological polar surface area (TPSA) is 116 Å². The summed E-state index contributed by atoms with van der Waals surface area (Å²) >= 11 is 0. The lowest BCUT2D eigenvalue weighted by Crippen LogP contribution is -2.32. The largest absolute Gasteiger partial charge is 0.393 e. The molecule has 1 atom stereocenters. The van der Waals surface area contributed by atoms with Gasteiger partial charge < -0.3 is 26.2 Å². The molecule has 0 saturated carbocycles. The van der Waals surface area contributed by atoms with Crippen LogP contribution in [0.1, 0.15) is 5.56 Å². The highest BCUT2D eigenvalue weighted by Gasteiger charge is 2.13. The Morgan fingerprint density at radius 1 is 1.15 bits per heavy atom. The first-order valence-electron chi connectivity index (χ1n) is 8.17. The summed E-state index contributed by atoms with van der Waals surface area (Å²) < 4.78 is 0. The summed E-state index contributed by atoms with van der Waals surface area (Å²) in [6.07, 6.45) is -1.44. The Labute approximate surface area is 152 Å². The van der Waals surface area contributed by atoms with Crippen molar-refractivity contribution in [1.29, 1.82) is 0 Å². The molecular formula is C19H23N3O4. The summed E-state index contributed by atoms with van der Waals surface area (Å²) in [6, 6.07) is 14.9. The van der Waals surface area contributed by atoms with Crippen molar-refractivity contribution in [3.63, 3.8) is 0 Å². The summed E-state index contributed by atoms with van der Waals surface area (Å²) in [4.78, 5) is 24.7. The monoisotopic (exact) mass is 357 g/mol. The van der Waals surface area contributed by atoms with Crippen LogP contribution in [-0.2, 0) is 16.1 Å². The van der Waals surface area contributed by atoms with Crippen LogP contribution in [0.5, 0.6) is 0 Å². The molecule has 0 aromatic heterocycles. The van der Waals surface area contributed by atoms with Crippen molar-refractivity contribution in [3.8, 4) is 11.1 Å². The third kappa shape index (κ3) is 5.13. The van der Waals surface area contributed by atoms with Crippen molar-refractivity contribution in [2.75, 3.05) is 25.5 Å². The normalized spacial score (nSPS) is 11.7. The Bertz CT molecular complexity index is 762. The number of likely N-dealkylation sites (N-methyl/N-ethyl adjacent to an activating group) is 1. The van der Waals surface area contributed by atoms with Crippen LogP contribution in [0, 0.1) is 0 Å². The lowest BCUT2D eigenvalue weighted by molar-refractivity contribution is -0.129. The Hall–Kier alpha value is -2.74. The van der Waals surface area contributed by atoms with Crippen LogP contribution in [0.3, 0.4) is 0 Å². The maximum atomic E-state index is 11.6. The summed E-state index contributed by atoms with van der Waals surface area (Å²) in [5.74, 6) is -0.782. The van der Waals surface area contributed by atoms with Crippen LogP contribution in [0.15, 0.2) is 48.5 Å². The van der Waals surface area contributed by atoms with Crippen molar-refractivity contribution in [2.24, 2.45) is 5.73 Å². The number of anilines is 1. The first-order chi connectivity index (χ1) is 12.4. The minimum absolute atomic E-state index is 0.0195. The van der Waals surface area contributed by atoms with Crippen LogP contribution in [0.4, 0.5) is 5.69 Å². The smallest absolute Gasteiger partial charge is 0.255 e. The number of hydrogen-bond acceptors (Lipinski definition) is 5. The van der Waals surface area contributed by atoms with E-state index in [9.17, 15) is 14.7 Å². The Kier molecular flexibility index (Phi) is 6.85. The van der Waals surface area contributed by atoms with Crippen molar-refractivity contribution in [2.45, 2.75) is 12.6 Å². The molecule has 138 valence electrons. The average molecular weight is 357 g/mol. The second kappa shape index (κ2) is 9.10. The molecule has 1 unspecified atom stereocenters. The fourth-order valence-electron chi connectivity index (χ4n) is 2.42. The molecule has 7 nitrogen and oxygen atoms in total. The molecule has 2 aromatic carbocycles. The minimum atomic E-state index is -1.44. The lowest BCUT2D eigenvalue weighted by atomic mass is 10.0. The van der Waals surface area contributed by atoms with E-state index in [-0.39, 0.29) is 12.5 Å². The van der Waals surface area contributed by atoms with Crippen molar-refractivity contribution in [3.05, 3.63) is 54.1 Å². The molecule has 0 aliphatic rings. The van der Waals surface area contributed by atoms with E-state index in [1.54, 1.807) is 24.1 Å². The van der Waals surface area contributed by atoms with Gasteiger partial charge in [-0.2, -0.15) is 0 Å². The molecule has 0 fully saturated rings. The van der Waals surface area contributed by atoms with Gasteiger partial charge in [-0.05, 0) is 34.9 Å². The Morgan fingerprint density at radius 2 is 1.85 bits per heavy atom. The molecule has 0 aliphatic heterocycles. The lowest BCUT2D eigenvalue weighted by Gasteiger charge is -2.16. The number of amides is 2. The SMILES string of the molecule is CN(Cc1cccc(-c2ccc(NC(=O)C(O)CO)cc2)c1)C(=O)CN. The number of carbonyl (C=O) groups excluding carboxylic acids is 2. The van der Waals surface area contributed by atoms with Crippen molar-refractivity contribution < 1.29 is 19.8 Å². The highest BCUT2D eigenvalue weighted by molar-refractivity contribution is 5.94. The van der Waals surface area contributed by atoms with E-state index in [2.05, 4.69) is 5.32 Å². The van der Waals surface area contributed by atoms with E-state index in [0.29, 0.717) is 12.2 Å². The molecule has 7 heteroatoms. The number of nitrogens with two attached hydrogens (primary N) is 1. The van der Waals surface area contributed by atoms with Gasteiger partial charge >= 0.3 is 0 Å². The second-order valence-electron chi connectivity index (χ2n) is 5.92. The number of aliphatic hydroxyl groups excluding tert-OH is 2.